The molecule has 1 saturated heterocycles. The van der Waals surface area contributed by atoms with E-state index in [1.165, 1.54) is 321 Å². The SMILES string of the molecule is CCC/C=C/CC/C=C/CC/C=C/C(O)C(COC1OC(CO)C(O)C(O)C1O)NC(=O)CCCCCCCCCCCCCCCCCCC/C=C\CCCCCCCCCCCCCCCCCCCCOC(=O)CCCCCCCCCCCCCCCCCCCC. The number of hydrogen-bond acceptors (Lipinski definition) is 10. The molecule has 7 unspecified atom stereocenters. The fourth-order valence-electron chi connectivity index (χ4n) is 13.4. The van der Waals surface area contributed by atoms with Gasteiger partial charge in [-0.25, -0.2) is 0 Å². The Morgan fingerprint density at radius 1 is 0.375 bits per heavy atom. The van der Waals surface area contributed by atoms with Crippen molar-refractivity contribution in [2.45, 2.75) is 461 Å². The second-order valence-electron chi connectivity index (χ2n) is 29.2. The van der Waals surface area contributed by atoms with Gasteiger partial charge in [-0.15, -0.1) is 0 Å². The molecule has 0 aromatic carbocycles. The van der Waals surface area contributed by atoms with Crippen LogP contribution in [0, 0.1) is 0 Å². The average Bonchev–Trinajstić information content (AvgIpc) is 0.855. The number of carbonyl (C=O) groups is 2. The van der Waals surface area contributed by atoms with Crippen molar-refractivity contribution < 1.29 is 49.3 Å². The molecule has 564 valence electrons. The summed E-state index contributed by atoms with van der Waals surface area (Å²) >= 11 is 0. The molecular weight excluding hydrogens is 1190 g/mol. The summed E-state index contributed by atoms with van der Waals surface area (Å²) < 4.78 is 16.8. The number of aliphatic hydroxyl groups is 5. The summed E-state index contributed by atoms with van der Waals surface area (Å²) in [5.41, 5.74) is 0. The van der Waals surface area contributed by atoms with Gasteiger partial charge in [0.15, 0.2) is 6.29 Å². The highest BCUT2D eigenvalue weighted by molar-refractivity contribution is 5.76. The van der Waals surface area contributed by atoms with E-state index in [-0.39, 0.29) is 18.5 Å². The van der Waals surface area contributed by atoms with E-state index >= 15 is 0 Å². The molecule has 7 atom stereocenters. The number of ether oxygens (including phenoxy) is 3. The van der Waals surface area contributed by atoms with Crippen molar-refractivity contribution >= 4 is 11.9 Å². The minimum absolute atomic E-state index is 0.0216. The topological polar surface area (TPSA) is 175 Å². The molecule has 1 amide bonds. The minimum atomic E-state index is -1.58. The average molecular weight is 1360 g/mol. The molecule has 1 aliphatic rings. The fourth-order valence-corrected chi connectivity index (χ4v) is 13.4. The van der Waals surface area contributed by atoms with Crippen molar-refractivity contribution in [1.82, 2.24) is 5.32 Å². The van der Waals surface area contributed by atoms with Gasteiger partial charge in [0.05, 0.1) is 32.0 Å². The van der Waals surface area contributed by atoms with Crippen LogP contribution in [-0.2, 0) is 23.8 Å². The lowest BCUT2D eigenvalue weighted by Gasteiger charge is -2.40. The lowest BCUT2D eigenvalue weighted by atomic mass is 9.99. The maximum atomic E-state index is 13.1. The second-order valence-corrected chi connectivity index (χ2v) is 29.2. The predicted octanol–water partition coefficient (Wildman–Crippen LogP) is 23.0. The lowest BCUT2D eigenvalue weighted by Crippen LogP contribution is -2.60. The van der Waals surface area contributed by atoms with E-state index in [2.05, 4.69) is 55.6 Å². The number of hydrogen-bond donors (Lipinski definition) is 6. The molecule has 6 N–H and O–H groups in total. The molecular formula is C85H159NO10. The minimum Gasteiger partial charge on any atom is -0.466 e. The Bertz CT molecular complexity index is 1740. The van der Waals surface area contributed by atoms with Gasteiger partial charge in [0.1, 0.15) is 24.4 Å². The Labute approximate surface area is 593 Å². The highest BCUT2D eigenvalue weighted by Crippen LogP contribution is 2.24. The standard InChI is InChI=1S/C85H159NO10/c1-3-5-7-9-11-13-15-16-17-18-43-46-49-53-57-61-65-69-73-81(90)94-74-70-66-62-58-54-50-47-44-41-39-37-35-33-31-29-27-25-23-21-19-20-22-24-26-28-30-32-34-36-38-40-42-45-48-52-56-60-64-68-72-80(89)86-77(76-95-85-84(93)83(92)82(91)79(75-87)96-85)78(88)71-67-63-59-55-51-14-12-10-8-6-4-2/h8,10,19-20,51,55,67,71,77-79,82-85,87-88,91-93H,3-7,9,11-18,21-50,52-54,56-66,68-70,72-76H2,1-2H3,(H,86,89)/b10-8+,20-19-,55-51+,71-67+. The third-order valence-electron chi connectivity index (χ3n) is 19.9. The monoisotopic (exact) mass is 1350 g/mol. The summed E-state index contributed by atoms with van der Waals surface area (Å²) in [5.74, 6) is -0.171. The zero-order valence-corrected chi connectivity index (χ0v) is 63.1. The predicted molar refractivity (Wildman–Crippen MR) is 407 cm³/mol. The number of aliphatic hydroxyl groups excluding tert-OH is 5. The van der Waals surface area contributed by atoms with Crippen molar-refractivity contribution in [2.75, 3.05) is 19.8 Å². The van der Waals surface area contributed by atoms with E-state index in [1.54, 1.807) is 6.08 Å². The van der Waals surface area contributed by atoms with Crippen LogP contribution in [0.5, 0.6) is 0 Å². The summed E-state index contributed by atoms with van der Waals surface area (Å²) in [4.78, 5) is 25.2. The van der Waals surface area contributed by atoms with Gasteiger partial charge < -0.3 is 45.1 Å². The molecule has 0 saturated carbocycles. The third kappa shape index (κ3) is 61.5. The first-order chi connectivity index (χ1) is 47.2. The van der Waals surface area contributed by atoms with Crippen LogP contribution in [-0.4, -0.2) is 100 Å². The highest BCUT2D eigenvalue weighted by atomic mass is 16.7. The van der Waals surface area contributed by atoms with E-state index in [4.69, 9.17) is 14.2 Å². The van der Waals surface area contributed by atoms with Crippen molar-refractivity contribution in [2.24, 2.45) is 0 Å². The van der Waals surface area contributed by atoms with Crippen molar-refractivity contribution in [3.63, 3.8) is 0 Å². The van der Waals surface area contributed by atoms with E-state index in [9.17, 15) is 35.1 Å². The quantitative estimate of drug-likeness (QED) is 0.0195. The van der Waals surface area contributed by atoms with Gasteiger partial charge in [0, 0.05) is 12.8 Å². The summed E-state index contributed by atoms with van der Waals surface area (Å²) in [6.45, 7) is 4.31. The van der Waals surface area contributed by atoms with Gasteiger partial charge >= 0.3 is 5.97 Å². The first-order valence-electron chi connectivity index (χ1n) is 41.9. The zero-order chi connectivity index (χ0) is 69.4. The van der Waals surface area contributed by atoms with Crippen molar-refractivity contribution in [3.8, 4) is 0 Å². The Kier molecular flexibility index (Phi) is 70.5. The van der Waals surface area contributed by atoms with Crippen LogP contribution in [0.15, 0.2) is 48.6 Å². The van der Waals surface area contributed by atoms with Gasteiger partial charge in [-0.2, -0.15) is 0 Å². The molecule has 96 heavy (non-hydrogen) atoms. The number of amides is 1. The Morgan fingerprint density at radius 2 is 0.698 bits per heavy atom. The number of rotatable bonds is 75. The molecule has 1 aliphatic heterocycles. The molecule has 0 bridgehead atoms. The molecule has 0 aliphatic carbocycles. The van der Waals surface area contributed by atoms with Crippen LogP contribution in [0.1, 0.15) is 418 Å². The molecule has 1 fully saturated rings. The number of allylic oxidation sites excluding steroid dienone is 7. The zero-order valence-electron chi connectivity index (χ0n) is 63.1. The number of unbranched alkanes of at least 4 members (excludes halogenated alkanes) is 55. The molecule has 0 aromatic rings. The number of carbonyl (C=O) groups excluding carboxylic acids is 2. The number of esters is 1. The van der Waals surface area contributed by atoms with Crippen LogP contribution in [0.4, 0.5) is 0 Å². The normalized spacial score (nSPS) is 17.5. The van der Waals surface area contributed by atoms with E-state index < -0.39 is 49.5 Å². The molecule has 11 heteroatoms. The maximum Gasteiger partial charge on any atom is 0.305 e. The van der Waals surface area contributed by atoms with Gasteiger partial charge in [-0.05, 0) is 77.0 Å². The third-order valence-corrected chi connectivity index (χ3v) is 19.9. The van der Waals surface area contributed by atoms with E-state index in [0.29, 0.717) is 19.4 Å². The van der Waals surface area contributed by atoms with Gasteiger partial charge in [-0.3, -0.25) is 9.59 Å². The summed E-state index contributed by atoms with van der Waals surface area (Å²) in [5, 5.41) is 54.4. The van der Waals surface area contributed by atoms with Gasteiger partial charge in [0.2, 0.25) is 5.91 Å². The Balaban J connectivity index is 1.85. The second kappa shape index (κ2) is 73.8. The van der Waals surface area contributed by atoms with Gasteiger partial charge in [-0.1, -0.05) is 377 Å². The molecule has 11 nitrogen and oxygen atoms in total. The smallest absolute Gasteiger partial charge is 0.305 e. The van der Waals surface area contributed by atoms with Crippen molar-refractivity contribution in [3.05, 3.63) is 48.6 Å². The Hall–Kier alpha value is -2.38. The maximum absolute atomic E-state index is 13.1. The first kappa shape index (κ1) is 91.6. The lowest BCUT2D eigenvalue weighted by molar-refractivity contribution is -0.302. The van der Waals surface area contributed by atoms with Crippen LogP contribution in [0.2, 0.25) is 0 Å². The Morgan fingerprint density at radius 3 is 1.07 bits per heavy atom. The van der Waals surface area contributed by atoms with E-state index in [1.807, 2.05) is 6.08 Å². The van der Waals surface area contributed by atoms with Crippen LogP contribution in [0.25, 0.3) is 0 Å². The van der Waals surface area contributed by atoms with Crippen molar-refractivity contribution in [1.29, 1.82) is 0 Å². The molecule has 0 spiro atoms. The molecule has 0 radical (unpaired) electrons. The first-order valence-corrected chi connectivity index (χ1v) is 41.9. The largest absolute Gasteiger partial charge is 0.466 e. The fraction of sp³-hybridized carbons (Fsp3) is 0.882. The molecule has 0 aromatic heterocycles. The summed E-state index contributed by atoms with van der Waals surface area (Å²) in [6.07, 6.45) is 89.0. The van der Waals surface area contributed by atoms with Gasteiger partial charge in [0.25, 0.3) is 0 Å². The molecule has 1 rings (SSSR count). The van der Waals surface area contributed by atoms with Crippen LogP contribution < -0.4 is 5.32 Å². The molecule has 1 heterocycles. The summed E-state index contributed by atoms with van der Waals surface area (Å²) in [6, 6.07) is -0.831. The van der Waals surface area contributed by atoms with Crippen LogP contribution >= 0.6 is 0 Å². The summed E-state index contributed by atoms with van der Waals surface area (Å²) in [7, 11) is 0. The highest BCUT2D eigenvalue weighted by Gasteiger charge is 2.44. The van der Waals surface area contributed by atoms with Crippen LogP contribution in [0.3, 0.4) is 0 Å². The number of nitrogens with one attached hydrogen (secondary N) is 1. The van der Waals surface area contributed by atoms with E-state index in [0.717, 1.165) is 70.6 Å².